The highest BCUT2D eigenvalue weighted by atomic mass is 32.2. The largest absolute Gasteiger partial charge is 0.611 e. The van der Waals surface area contributed by atoms with Crippen LogP contribution in [0.25, 0.3) is 22.6 Å². The Morgan fingerprint density at radius 1 is 1.25 bits per heavy atom. The molecule has 3 rings (SSSR count). The smallest absolute Gasteiger partial charge is 0.163 e. The first kappa shape index (κ1) is 17.0. The van der Waals surface area contributed by atoms with Gasteiger partial charge in [-0.2, -0.15) is 0 Å². The molecule has 3 aromatic rings. The Labute approximate surface area is 144 Å². The molecule has 0 amide bonds. The first-order valence-corrected chi connectivity index (χ1v) is 9.36. The summed E-state index contributed by atoms with van der Waals surface area (Å²) < 4.78 is 20.0. The van der Waals surface area contributed by atoms with Crippen molar-refractivity contribution >= 4 is 22.3 Å². The number of hydrogen-bond acceptors (Lipinski definition) is 4. The van der Waals surface area contributed by atoms with Gasteiger partial charge in [-0.05, 0) is 55.7 Å². The van der Waals surface area contributed by atoms with E-state index in [0.29, 0.717) is 19.1 Å². The summed E-state index contributed by atoms with van der Waals surface area (Å²) in [4.78, 5) is 10.1. The molecule has 126 valence electrons. The lowest BCUT2D eigenvalue weighted by Crippen LogP contribution is -2.09. The molecular weight excluding hydrogens is 322 g/mol. The van der Waals surface area contributed by atoms with Crippen LogP contribution < -0.4 is 0 Å². The Bertz CT molecular complexity index is 847. The number of hydrogen-bond donors (Lipinski definition) is 0. The fourth-order valence-electron chi connectivity index (χ4n) is 2.63. The Morgan fingerprint density at radius 2 is 2.04 bits per heavy atom. The van der Waals surface area contributed by atoms with Crippen molar-refractivity contribution in [3.05, 3.63) is 42.1 Å². The molecule has 1 aromatic carbocycles. The standard InChI is InChI=1S/C18H21N3O2S/c1-4-23-12-21-17(20-15-10-13(3)11-19-18(15)21)14-8-6-7-9-16(14)24(22)5-2/h6-11H,4-5,12H2,1-3H3. The lowest BCUT2D eigenvalue weighted by atomic mass is 10.2. The third kappa shape index (κ3) is 3.17. The Balaban J connectivity index is 2.22. The first-order chi connectivity index (χ1) is 11.7. The van der Waals surface area contributed by atoms with Gasteiger partial charge in [-0.1, -0.05) is 12.1 Å². The van der Waals surface area contributed by atoms with Gasteiger partial charge in [-0.25, -0.2) is 9.97 Å². The summed E-state index contributed by atoms with van der Waals surface area (Å²) in [5, 5.41) is 0. The number of benzene rings is 1. The minimum atomic E-state index is -1.06. The molecule has 1 unspecified atom stereocenters. The minimum absolute atomic E-state index is 0.367. The van der Waals surface area contributed by atoms with Gasteiger partial charge < -0.3 is 9.29 Å². The van der Waals surface area contributed by atoms with E-state index in [1.807, 2.05) is 61.9 Å². The van der Waals surface area contributed by atoms with Crippen molar-refractivity contribution < 1.29 is 9.29 Å². The van der Waals surface area contributed by atoms with Crippen LogP contribution in [0, 0.1) is 6.92 Å². The molecule has 0 saturated heterocycles. The number of aryl methyl sites for hydroxylation is 1. The summed E-state index contributed by atoms with van der Waals surface area (Å²) in [7, 11) is 0. The van der Waals surface area contributed by atoms with Crippen LogP contribution >= 0.6 is 0 Å². The van der Waals surface area contributed by atoms with Crippen LogP contribution in [0.1, 0.15) is 19.4 Å². The van der Waals surface area contributed by atoms with Crippen molar-refractivity contribution in [3.63, 3.8) is 0 Å². The van der Waals surface area contributed by atoms with Crippen LogP contribution in [0.2, 0.25) is 0 Å². The second-order valence-corrected chi connectivity index (χ2v) is 7.18. The molecular formula is C18H21N3O2S. The van der Waals surface area contributed by atoms with Gasteiger partial charge in [-0.15, -0.1) is 0 Å². The number of ether oxygens (including phenoxy) is 1. The van der Waals surface area contributed by atoms with E-state index in [-0.39, 0.29) is 0 Å². The molecule has 6 heteroatoms. The molecule has 0 fully saturated rings. The SMILES string of the molecule is CCOCn1c(-c2ccccc2[S+]([O-])CC)nc2cc(C)cnc21. The van der Waals surface area contributed by atoms with E-state index in [0.717, 1.165) is 33.0 Å². The number of rotatable bonds is 6. The summed E-state index contributed by atoms with van der Waals surface area (Å²) in [6.07, 6.45) is 1.83. The molecule has 2 aromatic heterocycles. The average Bonchev–Trinajstić information content (AvgIpc) is 2.96. The molecule has 2 heterocycles. The van der Waals surface area contributed by atoms with Crippen molar-refractivity contribution in [2.24, 2.45) is 0 Å². The summed E-state index contributed by atoms with van der Waals surface area (Å²) in [5.74, 6) is 1.31. The zero-order chi connectivity index (χ0) is 17.1. The molecule has 5 nitrogen and oxygen atoms in total. The van der Waals surface area contributed by atoms with Gasteiger partial charge in [0.15, 0.2) is 10.5 Å². The van der Waals surface area contributed by atoms with Crippen LogP contribution in [0.5, 0.6) is 0 Å². The molecule has 24 heavy (non-hydrogen) atoms. The lowest BCUT2D eigenvalue weighted by Gasteiger charge is -2.13. The van der Waals surface area contributed by atoms with E-state index in [2.05, 4.69) is 4.98 Å². The molecule has 0 aliphatic rings. The fraction of sp³-hybridized carbons (Fsp3) is 0.333. The maximum Gasteiger partial charge on any atom is 0.163 e. The molecule has 0 saturated carbocycles. The fourth-order valence-corrected chi connectivity index (χ4v) is 3.57. The van der Waals surface area contributed by atoms with E-state index >= 15 is 0 Å². The number of pyridine rings is 1. The summed E-state index contributed by atoms with van der Waals surface area (Å²) in [6.45, 7) is 6.84. The predicted octanol–water partition coefficient (Wildman–Crippen LogP) is 3.53. The van der Waals surface area contributed by atoms with Gasteiger partial charge in [0, 0.05) is 12.8 Å². The van der Waals surface area contributed by atoms with E-state index in [1.54, 1.807) is 0 Å². The van der Waals surface area contributed by atoms with Crippen LogP contribution in [0.3, 0.4) is 0 Å². The molecule has 0 aliphatic carbocycles. The van der Waals surface area contributed by atoms with E-state index in [4.69, 9.17) is 9.72 Å². The van der Waals surface area contributed by atoms with Gasteiger partial charge in [0.25, 0.3) is 0 Å². The van der Waals surface area contributed by atoms with Gasteiger partial charge >= 0.3 is 0 Å². The monoisotopic (exact) mass is 343 g/mol. The molecule has 0 radical (unpaired) electrons. The van der Waals surface area contributed by atoms with Crippen LogP contribution in [0.4, 0.5) is 0 Å². The van der Waals surface area contributed by atoms with Crippen LogP contribution in [0.15, 0.2) is 41.4 Å². The Morgan fingerprint density at radius 3 is 2.79 bits per heavy atom. The van der Waals surface area contributed by atoms with Gasteiger partial charge in [-0.3, -0.25) is 4.57 Å². The van der Waals surface area contributed by atoms with E-state index in [9.17, 15) is 4.55 Å². The highest BCUT2D eigenvalue weighted by molar-refractivity contribution is 7.91. The van der Waals surface area contributed by atoms with Crippen molar-refractivity contribution in [3.8, 4) is 11.4 Å². The molecule has 0 spiro atoms. The molecule has 0 aliphatic heterocycles. The van der Waals surface area contributed by atoms with Gasteiger partial charge in [0.05, 0.1) is 5.56 Å². The first-order valence-electron chi connectivity index (χ1n) is 8.04. The minimum Gasteiger partial charge on any atom is -0.611 e. The van der Waals surface area contributed by atoms with Gasteiger partial charge in [0.2, 0.25) is 0 Å². The normalized spacial score (nSPS) is 12.7. The molecule has 0 N–H and O–H groups in total. The highest BCUT2D eigenvalue weighted by Gasteiger charge is 2.21. The zero-order valence-corrected chi connectivity index (χ0v) is 15.0. The van der Waals surface area contributed by atoms with Crippen molar-refractivity contribution in [1.29, 1.82) is 0 Å². The van der Waals surface area contributed by atoms with Crippen LogP contribution in [-0.2, 0) is 22.6 Å². The summed E-state index contributed by atoms with van der Waals surface area (Å²) in [6, 6.07) is 9.71. The second kappa shape index (κ2) is 7.34. The maximum absolute atomic E-state index is 12.4. The number of fused-ring (bicyclic) bond motifs is 1. The number of aromatic nitrogens is 3. The van der Waals surface area contributed by atoms with Crippen molar-refractivity contribution in [1.82, 2.24) is 14.5 Å². The topological polar surface area (TPSA) is 63.0 Å². The second-order valence-electron chi connectivity index (χ2n) is 5.47. The maximum atomic E-state index is 12.4. The third-order valence-electron chi connectivity index (χ3n) is 3.78. The molecule has 0 bridgehead atoms. The van der Waals surface area contributed by atoms with Crippen molar-refractivity contribution in [2.45, 2.75) is 32.4 Å². The third-order valence-corrected chi connectivity index (χ3v) is 5.15. The van der Waals surface area contributed by atoms with E-state index < -0.39 is 11.2 Å². The van der Waals surface area contributed by atoms with Crippen LogP contribution in [-0.4, -0.2) is 31.4 Å². The quantitative estimate of drug-likeness (QED) is 0.642. The Kier molecular flexibility index (Phi) is 5.18. The predicted molar refractivity (Wildman–Crippen MR) is 96.3 cm³/mol. The summed E-state index contributed by atoms with van der Waals surface area (Å²) in [5.41, 5.74) is 3.52. The highest BCUT2D eigenvalue weighted by Crippen LogP contribution is 2.30. The van der Waals surface area contributed by atoms with E-state index in [1.165, 1.54) is 0 Å². The number of imidazole rings is 1. The number of nitrogens with zero attached hydrogens (tertiary/aromatic N) is 3. The molecule has 1 atom stereocenters. The van der Waals surface area contributed by atoms with Gasteiger partial charge in [0.1, 0.15) is 23.8 Å². The Hall–Kier alpha value is -1.89. The lowest BCUT2D eigenvalue weighted by molar-refractivity contribution is 0.0912. The average molecular weight is 343 g/mol. The van der Waals surface area contributed by atoms with Crippen molar-refractivity contribution in [2.75, 3.05) is 12.4 Å². The summed E-state index contributed by atoms with van der Waals surface area (Å²) >= 11 is -1.06. The zero-order valence-electron chi connectivity index (χ0n) is 14.2.